The standard InChI is InChI=1S/C37H38F2N6O4S/c1-6-31(46)44-14-15-45-29(22(44)2)21-28(42-45)35-33(32-27(39)19-25(38)20-30(32)49-17-16-48-5)36-26(11-18-50-36)34(41-35)23-7-9-24(10-8-23)37(47)40-12-13-43(3)4/h6-11,18-22H,1,12-17H2,2-5H3,(H,40,47)/t22-/m1/s1. The molecule has 10 nitrogen and oxygen atoms in total. The van der Waals surface area contributed by atoms with Crippen molar-refractivity contribution in [2.24, 2.45) is 0 Å². The molecule has 6 rings (SSSR count). The minimum absolute atomic E-state index is 0.00905. The lowest BCUT2D eigenvalue weighted by atomic mass is 9.96. The number of amides is 2. The number of nitrogens with one attached hydrogen (secondary N) is 1. The molecule has 3 aromatic heterocycles. The first-order valence-corrected chi connectivity index (χ1v) is 17.1. The Balaban J connectivity index is 1.53. The normalized spacial score (nSPS) is 14.2. The number of hydrogen-bond donors (Lipinski definition) is 1. The number of rotatable bonds is 12. The Morgan fingerprint density at radius 2 is 1.86 bits per heavy atom. The lowest BCUT2D eigenvalue weighted by Gasteiger charge is -2.33. The van der Waals surface area contributed by atoms with Crippen molar-refractivity contribution >= 4 is 33.2 Å². The number of hydrogen-bond acceptors (Lipinski definition) is 8. The van der Waals surface area contributed by atoms with E-state index in [1.165, 1.54) is 24.5 Å². The number of halogens is 2. The molecule has 0 bridgehead atoms. The van der Waals surface area contributed by atoms with Crippen LogP contribution in [0.15, 0.2) is 66.6 Å². The molecule has 4 heterocycles. The largest absolute Gasteiger partial charge is 0.490 e. The fourth-order valence-corrected chi connectivity index (χ4v) is 7.06. The van der Waals surface area contributed by atoms with Crippen molar-refractivity contribution in [3.63, 3.8) is 0 Å². The number of carbonyl (C=O) groups excluding carboxylic acids is 2. The first-order chi connectivity index (χ1) is 24.1. The van der Waals surface area contributed by atoms with Crippen LogP contribution in [0.25, 0.3) is 43.9 Å². The summed E-state index contributed by atoms with van der Waals surface area (Å²) < 4.78 is 44.3. The Morgan fingerprint density at radius 1 is 1.08 bits per heavy atom. The zero-order chi connectivity index (χ0) is 35.5. The average Bonchev–Trinajstić information content (AvgIpc) is 3.76. The summed E-state index contributed by atoms with van der Waals surface area (Å²) in [6.45, 7) is 7.95. The highest BCUT2D eigenvalue weighted by atomic mass is 32.1. The van der Waals surface area contributed by atoms with Crippen molar-refractivity contribution in [3.05, 3.63) is 89.5 Å². The molecule has 1 atom stereocenters. The number of nitrogens with zero attached hydrogens (tertiary/aromatic N) is 5. The van der Waals surface area contributed by atoms with Crippen molar-refractivity contribution in [2.45, 2.75) is 19.5 Å². The number of thiophene rings is 1. The van der Waals surface area contributed by atoms with E-state index < -0.39 is 11.6 Å². The minimum atomic E-state index is -0.812. The van der Waals surface area contributed by atoms with Gasteiger partial charge in [0.25, 0.3) is 5.91 Å². The topological polar surface area (TPSA) is 102 Å². The molecule has 0 unspecified atom stereocenters. The second-order valence-electron chi connectivity index (χ2n) is 12.2. The maximum atomic E-state index is 16.1. The van der Waals surface area contributed by atoms with Crippen LogP contribution in [0.5, 0.6) is 5.75 Å². The summed E-state index contributed by atoms with van der Waals surface area (Å²) in [6, 6.07) is 12.6. The summed E-state index contributed by atoms with van der Waals surface area (Å²) in [5, 5.41) is 10.5. The van der Waals surface area contributed by atoms with E-state index in [1.54, 1.807) is 17.0 Å². The molecular weight excluding hydrogens is 663 g/mol. The van der Waals surface area contributed by atoms with Crippen LogP contribution in [0.3, 0.4) is 0 Å². The Morgan fingerprint density at radius 3 is 2.58 bits per heavy atom. The molecule has 0 fully saturated rings. The van der Waals surface area contributed by atoms with Gasteiger partial charge >= 0.3 is 0 Å². The zero-order valence-corrected chi connectivity index (χ0v) is 29.2. The summed E-state index contributed by atoms with van der Waals surface area (Å²) in [5.41, 5.74) is 3.90. The molecule has 0 saturated carbocycles. The highest BCUT2D eigenvalue weighted by Gasteiger charge is 2.31. The number of carbonyl (C=O) groups is 2. The molecule has 13 heteroatoms. The molecule has 2 aromatic carbocycles. The van der Waals surface area contributed by atoms with Gasteiger partial charge in [-0.3, -0.25) is 14.3 Å². The van der Waals surface area contributed by atoms with Gasteiger partial charge in [0.15, 0.2) is 0 Å². The molecule has 0 saturated heterocycles. The van der Waals surface area contributed by atoms with Crippen molar-refractivity contribution in [1.82, 2.24) is 29.9 Å². The van der Waals surface area contributed by atoms with E-state index in [-0.39, 0.29) is 42.4 Å². The quantitative estimate of drug-likeness (QED) is 0.123. The molecule has 1 N–H and O–H groups in total. The van der Waals surface area contributed by atoms with Crippen LogP contribution in [0.1, 0.15) is 29.0 Å². The van der Waals surface area contributed by atoms with Crippen molar-refractivity contribution in [2.75, 3.05) is 54.1 Å². The fraction of sp³-hybridized carbons (Fsp3) is 0.297. The van der Waals surface area contributed by atoms with E-state index in [9.17, 15) is 14.0 Å². The maximum Gasteiger partial charge on any atom is 0.251 e. The Labute approximate surface area is 292 Å². The minimum Gasteiger partial charge on any atom is -0.490 e. The zero-order valence-electron chi connectivity index (χ0n) is 28.3. The van der Waals surface area contributed by atoms with Gasteiger partial charge in [-0.05, 0) is 56.7 Å². The maximum absolute atomic E-state index is 16.1. The van der Waals surface area contributed by atoms with Crippen molar-refractivity contribution in [3.8, 4) is 39.5 Å². The van der Waals surface area contributed by atoms with E-state index in [4.69, 9.17) is 19.6 Å². The van der Waals surface area contributed by atoms with Crippen LogP contribution in [-0.2, 0) is 16.1 Å². The summed E-state index contributed by atoms with van der Waals surface area (Å²) in [7, 11) is 5.40. The van der Waals surface area contributed by atoms with Gasteiger partial charge in [-0.25, -0.2) is 13.8 Å². The van der Waals surface area contributed by atoms with E-state index in [1.807, 2.05) is 60.2 Å². The Kier molecular flexibility index (Phi) is 10.4. The highest BCUT2D eigenvalue weighted by Crippen LogP contribution is 2.47. The van der Waals surface area contributed by atoms with E-state index in [2.05, 4.69) is 11.9 Å². The summed E-state index contributed by atoms with van der Waals surface area (Å²) in [4.78, 5) is 34.3. The molecule has 5 aromatic rings. The monoisotopic (exact) mass is 700 g/mol. The molecule has 0 radical (unpaired) electrons. The molecular formula is C37H38F2N6O4S. The molecule has 0 aliphatic carbocycles. The number of fused-ring (bicyclic) bond motifs is 2. The Bertz CT molecular complexity index is 2060. The smallest absolute Gasteiger partial charge is 0.251 e. The van der Waals surface area contributed by atoms with Gasteiger partial charge in [-0.15, -0.1) is 11.3 Å². The van der Waals surface area contributed by atoms with Crippen LogP contribution < -0.4 is 10.1 Å². The number of benzene rings is 2. The third kappa shape index (κ3) is 6.89. The molecule has 1 aliphatic heterocycles. The van der Waals surface area contributed by atoms with Gasteiger partial charge in [-0.1, -0.05) is 18.7 Å². The van der Waals surface area contributed by atoms with Gasteiger partial charge in [0.05, 0.1) is 36.1 Å². The third-order valence-corrected chi connectivity index (χ3v) is 9.58. The molecule has 50 heavy (non-hydrogen) atoms. The second-order valence-corrected chi connectivity index (χ2v) is 13.1. The van der Waals surface area contributed by atoms with Gasteiger partial charge in [0, 0.05) is 65.7 Å². The summed E-state index contributed by atoms with van der Waals surface area (Å²) in [6.07, 6.45) is 1.29. The molecule has 0 spiro atoms. The lowest BCUT2D eigenvalue weighted by Crippen LogP contribution is -2.40. The summed E-state index contributed by atoms with van der Waals surface area (Å²) in [5.74, 6) is -1.95. The van der Waals surface area contributed by atoms with E-state index in [0.717, 1.165) is 28.8 Å². The van der Waals surface area contributed by atoms with Gasteiger partial charge < -0.3 is 24.6 Å². The fourth-order valence-electron chi connectivity index (χ4n) is 6.11. The van der Waals surface area contributed by atoms with Crippen LogP contribution >= 0.6 is 11.3 Å². The predicted molar refractivity (Wildman–Crippen MR) is 190 cm³/mol. The molecule has 1 aliphatic rings. The number of ether oxygens (including phenoxy) is 2. The lowest BCUT2D eigenvalue weighted by molar-refractivity contribution is -0.129. The first kappa shape index (κ1) is 34.9. The van der Waals surface area contributed by atoms with Gasteiger partial charge in [0.1, 0.15) is 35.4 Å². The average molecular weight is 701 g/mol. The number of methoxy groups -OCH3 is 1. The third-order valence-electron chi connectivity index (χ3n) is 8.65. The van der Waals surface area contributed by atoms with Crippen LogP contribution in [0.4, 0.5) is 8.78 Å². The highest BCUT2D eigenvalue weighted by molar-refractivity contribution is 7.18. The first-order valence-electron chi connectivity index (χ1n) is 16.2. The van der Waals surface area contributed by atoms with Gasteiger partial charge in [-0.2, -0.15) is 5.10 Å². The molecule has 2 amide bonds. The SMILES string of the molecule is C=CC(=O)N1CCn2nc(-c3nc(-c4ccc(C(=O)NCCN(C)C)cc4)c4ccsc4c3-c3c(F)cc(F)cc3OCCOC)cc2[C@H]1C. The number of aromatic nitrogens is 3. The number of likely N-dealkylation sites (N-methyl/N-ethyl adjacent to an activating group) is 1. The van der Waals surface area contributed by atoms with E-state index >= 15 is 4.39 Å². The Hall–Kier alpha value is -4.98. The van der Waals surface area contributed by atoms with Gasteiger partial charge in [0.2, 0.25) is 5.91 Å². The predicted octanol–water partition coefficient (Wildman–Crippen LogP) is 6.18. The molecule has 260 valence electrons. The number of pyridine rings is 1. The van der Waals surface area contributed by atoms with Crippen LogP contribution in [-0.4, -0.2) is 90.4 Å². The van der Waals surface area contributed by atoms with E-state index in [0.29, 0.717) is 59.1 Å². The van der Waals surface area contributed by atoms with Crippen LogP contribution in [0.2, 0.25) is 0 Å². The summed E-state index contributed by atoms with van der Waals surface area (Å²) >= 11 is 1.39. The van der Waals surface area contributed by atoms with Crippen molar-refractivity contribution in [1.29, 1.82) is 0 Å². The van der Waals surface area contributed by atoms with Crippen LogP contribution in [0, 0.1) is 11.6 Å². The second kappa shape index (κ2) is 14.9. The van der Waals surface area contributed by atoms with Crippen molar-refractivity contribution < 1.29 is 27.8 Å².